The molecule has 1 amide bonds. The zero-order chi connectivity index (χ0) is 25.8. The van der Waals surface area contributed by atoms with Crippen LogP contribution in [0.15, 0.2) is 60.9 Å². The number of carbonyl (C=O) groups is 1. The summed E-state index contributed by atoms with van der Waals surface area (Å²) in [5.41, 5.74) is 0.712. The number of carbonyl (C=O) groups excluding carboxylic acids is 1. The molecule has 0 atom stereocenters. The Balaban J connectivity index is 1.36. The van der Waals surface area contributed by atoms with Crippen LogP contribution < -0.4 is 20.7 Å². The van der Waals surface area contributed by atoms with Gasteiger partial charge in [-0.1, -0.05) is 0 Å². The van der Waals surface area contributed by atoms with E-state index in [0.717, 1.165) is 49.0 Å². The third kappa shape index (κ3) is 6.00. The molecule has 0 saturated carbocycles. The molecule has 1 fully saturated rings. The lowest BCUT2D eigenvalue weighted by atomic mass is 9.99. The lowest BCUT2D eigenvalue weighted by Crippen LogP contribution is -2.30. The summed E-state index contributed by atoms with van der Waals surface area (Å²) in [5, 5.41) is 16.7. The second-order valence-electron chi connectivity index (χ2n) is 8.90. The molecule has 2 aromatic carbocycles. The number of pyridine rings is 1. The number of rotatable bonds is 7. The summed E-state index contributed by atoms with van der Waals surface area (Å²) in [6.45, 7) is 2.03. The number of halogens is 3. The Labute approximate surface area is 210 Å². The summed E-state index contributed by atoms with van der Waals surface area (Å²) < 4.78 is 46.5. The van der Waals surface area contributed by atoms with Crippen molar-refractivity contribution in [3.8, 4) is 5.75 Å². The number of piperidine rings is 1. The second-order valence-corrected chi connectivity index (χ2v) is 8.90. The van der Waals surface area contributed by atoms with Crippen LogP contribution in [0.4, 0.5) is 30.4 Å². The highest BCUT2D eigenvalue weighted by atomic mass is 19.4. The monoisotopic (exact) mass is 510 g/mol. The maximum Gasteiger partial charge on any atom is 0.416 e. The Hall–Kier alpha value is -4.12. The summed E-state index contributed by atoms with van der Waals surface area (Å²) in [5.74, 6) is -0.0324. The molecule has 1 saturated heterocycles. The van der Waals surface area contributed by atoms with Crippen molar-refractivity contribution in [1.29, 1.82) is 0 Å². The molecule has 37 heavy (non-hydrogen) atoms. The molecule has 8 nitrogen and oxygen atoms in total. The zero-order valence-electron chi connectivity index (χ0n) is 19.7. The number of aromatic nitrogens is 3. The summed E-state index contributed by atoms with van der Waals surface area (Å²) in [7, 11) is 0. The maximum atomic E-state index is 13.6. The molecule has 0 bridgehead atoms. The lowest BCUT2D eigenvalue weighted by Gasteiger charge is -2.23. The number of ether oxygens (including phenoxy) is 1. The third-order valence-corrected chi connectivity index (χ3v) is 6.19. The average molecular weight is 511 g/mol. The van der Waals surface area contributed by atoms with Crippen LogP contribution in [0.5, 0.6) is 5.75 Å². The van der Waals surface area contributed by atoms with Gasteiger partial charge in [0.05, 0.1) is 29.4 Å². The predicted octanol–water partition coefficient (Wildman–Crippen LogP) is 5.35. The van der Waals surface area contributed by atoms with Crippen LogP contribution in [0.2, 0.25) is 0 Å². The van der Waals surface area contributed by atoms with E-state index < -0.39 is 17.6 Å². The van der Waals surface area contributed by atoms with Gasteiger partial charge in [0, 0.05) is 29.0 Å². The van der Waals surface area contributed by atoms with Crippen LogP contribution in [0.1, 0.15) is 28.8 Å². The predicted molar refractivity (Wildman–Crippen MR) is 134 cm³/mol. The number of amides is 1. The molecule has 0 spiro atoms. The first-order valence-electron chi connectivity index (χ1n) is 11.9. The summed E-state index contributed by atoms with van der Waals surface area (Å²) in [6, 6.07) is 11.9. The van der Waals surface area contributed by atoms with E-state index in [4.69, 9.17) is 4.74 Å². The minimum Gasteiger partial charge on any atom is -0.493 e. The number of anilines is 3. The molecule has 0 radical (unpaired) electrons. The topological polar surface area (TPSA) is 104 Å². The van der Waals surface area contributed by atoms with Gasteiger partial charge in [-0.25, -0.2) is 4.98 Å². The van der Waals surface area contributed by atoms with Crippen molar-refractivity contribution in [2.45, 2.75) is 19.0 Å². The van der Waals surface area contributed by atoms with Gasteiger partial charge < -0.3 is 20.7 Å². The van der Waals surface area contributed by atoms with E-state index >= 15 is 0 Å². The van der Waals surface area contributed by atoms with Gasteiger partial charge in [-0.05, 0) is 74.3 Å². The standard InChI is InChI=1S/C26H25F3N6O2/c27-26(28,29)18-10-20(12-21(11-18)37-15-16-5-8-30-9-6-16)34-25(36)22-2-1-7-31-24(22)33-19-4-3-17-14-32-35-23(17)13-19/h1-4,7,10-14,16,30H,5-6,8-9,15H2,(H,31,33)(H,32,35)(H,34,36). The SMILES string of the molecule is O=C(Nc1cc(OCC2CCNCC2)cc(C(F)(F)F)c1)c1cccnc1Nc1ccc2cn[nH]c2c1. The molecule has 5 rings (SSSR count). The minimum atomic E-state index is -4.60. The fourth-order valence-electron chi connectivity index (χ4n) is 4.22. The van der Waals surface area contributed by atoms with Crippen LogP contribution >= 0.6 is 0 Å². The van der Waals surface area contributed by atoms with E-state index in [1.807, 2.05) is 18.2 Å². The first-order chi connectivity index (χ1) is 17.8. The van der Waals surface area contributed by atoms with E-state index in [9.17, 15) is 18.0 Å². The van der Waals surface area contributed by atoms with Gasteiger partial charge in [0.1, 0.15) is 11.6 Å². The molecule has 4 aromatic rings. The number of nitrogens with zero attached hydrogens (tertiary/aromatic N) is 2. The second kappa shape index (κ2) is 10.5. The van der Waals surface area contributed by atoms with Crippen molar-refractivity contribution < 1.29 is 22.7 Å². The van der Waals surface area contributed by atoms with Gasteiger partial charge in [0.15, 0.2) is 0 Å². The number of benzene rings is 2. The molecule has 4 N–H and O–H groups in total. The quantitative estimate of drug-likeness (QED) is 0.267. The Morgan fingerprint density at radius 2 is 1.92 bits per heavy atom. The van der Waals surface area contributed by atoms with Gasteiger partial charge in [-0.2, -0.15) is 18.3 Å². The molecule has 11 heteroatoms. The first kappa shape index (κ1) is 24.6. The molecular formula is C26H25F3N6O2. The molecule has 192 valence electrons. The third-order valence-electron chi connectivity index (χ3n) is 6.19. The highest BCUT2D eigenvalue weighted by Gasteiger charge is 2.32. The smallest absolute Gasteiger partial charge is 0.416 e. The number of hydrogen-bond donors (Lipinski definition) is 4. The molecule has 3 heterocycles. The minimum absolute atomic E-state index is 0.0196. The highest BCUT2D eigenvalue weighted by Crippen LogP contribution is 2.35. The van der Waals surface area contributed by atoms with Crippen molar-refractivity contribution in [1.82, 2.24) is 20.5 Å². The van der Waals surface area contributed by atoms with Gasteiger partial charge in [0.2, 0.25) is 0 Å². The van der Waals surface area contributed by atoms with Gasteiger partial charge in [-0.15, -0.1) is 0 Å². The van der Waals surface area contributed by atoms with Crippen LogP contribution in [0.3, 0.4) is 0 Å². The molecule has 1 aliphatic heterocycles. The maximum absolute atomic E-state index is 13.6. The van der Waals surface area contributed by atoms with Crippen LogP contribution in [-0.4, -0.2) is 40.8 Å². The highest BCUT2D eigenvalue weighted by molar-refractivity contribution is 6.08. The van der Waals surface area contributed by atoms with Crippen molar-refractivity contribution >= 4 is 34.0 Å². The number of nitrogens with one attached hydrogen (secondary N) is 4. The van der Waals surface area contributed by atoms with E-state index in [1.165, 1.54) is 12.3 Å². The fraction of sp³-hybridized carbons (Fsp3) is 0.269. The van der Waals surface area contributed by atoms with Crippen LogP contribution in [0, 0.1) is 5.92 Å². The normalized spacial score (nSPS) is 14.5. The van der Waals surface area contributed by atoms with Crippen LogP contribution in [-0.2, 0) is 6.18 Å². The van der Waals surface area contributed by atoms with E-state index in [0.29, 0.717) is 12.3 Å². The lowest BCUT2D eigenvalue weighted by molar-refractivity contribution is -0.137. The Morgan fingerprint density at radius 3 is 2.73 bits per heavy atom. The van der Waals surface area contributed by atoms with E-state index in [2.05, 4.69) is 31.1 Å². The van der Waals surface area contributed by atoms with E-state index in [-0.39, 0.29) is 28.7 Å². The number of hydrogen-bond acceptors (Lipinski definition) is 6. The van der Waals surface area contributed by atoms with Crippen molar-refractivity contribution in [2.24, 2.45) is 5.92 Å². The van der Waals surface area contributed by atoms with Crippen molar-refractivity contribution in [3.05, 3.63) is 72.1 Å². The summed E-state index contributed by atoms with van der Waals surface area (Å²) in [6.07, 6.45) is 0.405. The van der Waals surface area contributed by atoms with Crippen molar-refractivity contribution in [3.63, 3.8) is 0 Å². The number of H-pyrrole nitrogens is 1. The molecular weight excluding hydrogens is 485 g/mol. The van der Waals surface area contributed by atoms with Crippen molar-refractivity contribution in [2.75, 3.05) is 30.3 Å². The Bertz CT molecular complexity index is 1400. The summed E-state index contributed by atoms with van der Waals surface area (Å²) >= 11 is 0. The number of aromatic amines is 1. The average Bonchev–Trinajstić information content (AvgIpc) is 3.36. The Kier molecular flexibility index (Phi) is 6.95. The molecule has 0 aliphatic carbocycles. The molecule has 2 aromatic heterocycles. The zero-order valence-corrected chi connectivity index (χ0v) is 19.7. The van der Waals surface area contributed by atoms with Gasteiger partial charge >= 0.3 is 6.18 Å². The summed E-state index contributed by atoms with van der Waals surface area (Å²) in [4.78, 5) is 17.4. The van der Waals surface area contributed by atoms with Gasteiger partial charge in [0.25, 0.3) is 5.91 Å². The van der Waals surface area contributed by atoms with Gasteiger partial charge in [-0.3, -0.25) is 9.89 Å². The largest absolute Gasteiger partial charge is 0.493 e. The van der Waals surface area contributed by atoms with E-state index in [1.54, 1.807) is 18.3 Å². The van der Waals surface area contributed by atoms with Crippen LogP contribution in [0.25, 0.3) is 10.9 Å². The number of alkyl halides is 3. The Morgan fingerprint density at radius 1 is 1.08 bits per heavy atom. The number of fused-ring (bicyclic) bond motifs is 1. The fourth-order valence-corrected chi connectivity index (χ4v) is 4.22. The first-order valence-corrected chi connectivity index (χ1v) is 11.9. The molecule has 0 unspecified atom stereocenters. The molecule has 1 aliphatic rings.